The van der Waals surface area contributed by atoms with Gasteiger partial charge in [-0.2, -0.15) is 0 Å². The number of nitrogens with one attached hydrogen (secondary N) is 1. The van der Waals surface area contributed by atoms with Crippen LogP contribution in [0.3, 0.4) is 0 Å². The predicted molar refractivity (Wildman–Crippen MR) is 101 cm³/mol. The fraction of sp³-hybridized carbons (Fsp3) is 0.579. The van der Waals surface area contributed by atoms with Crippen molar-refractivity contribution >= 4 is 11.9 Å². The average Bonchev–Trinajstić information content (AvgIpc) is 2.70. The van der Waals surface area contributed by atoms with Gasteiger partial charge in [-0.3, -0.25) is 9.69 Å². The minimum absolute atomic E-state index is 0.0398. The van der Waals surface area contributed by atoms with E-state index in [1.165, 1.54) is 11.1 Å². The van der Waals surface area contributed by atoms with Gasteiger partial charge in [-0.1, -0.05) is 0 Å². The number of benzene rings is 1. The van der Waals surface area contributed by atoms with Gasteiger partial charge in [-0.25, -0.2) is 4.79 Å². The molecule has 1 aromatic carbocycles. The van der Waals surface area contributed by atoms with Crippen molar-refractivity contribution < 1.29 is 19.1 Å². The fourth-order valence-corrected chi connectivity index (χ4v) is 3.97. The lowest BCUT2D eigenvalue weighted by Gasteiger charge is -2.41. The number of hydrogen-bond donors (Lipinski definition) is 2. The zero-order valence-electron chi connectivity index (χ0n) is 16.0. The molecule has 2 aliphatic heterocycles. The minimum Gasteiger partial charge on any atom is -0.493 e. The number of fused-ring (bicyclic) bond motifs is 1. The van der Waals surface area contributed by atoms with Gasteiger partial charge in [0.1, 0.15) is 0 Å². The first-order valence-electron chi connectivity index (χ1n) is 9.30. The SMILES string of the molecule is COc1cc2c(cc1OC)CN(C1CCCN(C(=O)CNC(N)=O)C1)CC2. The van der Waals surface area contributed by atoms with Crippen LogP contribution in [0.1, 0.15) is 24.0 Å². The average molecular weight is 376 g/mol. The molecule has 0 radical (unpaired) electrons. The van der Waals surface area contributed by atoms with Gasteiger partial charge >= 0.3 is 6.03 Å². The second-order valence-corrected chi connectivity index (χ2v) is 7.05. The van der Waals surface area contributed by atoms with Crippen LogP contribution in [0.2, 0.25) is 0 Å². The summed E-state index contributed by atoms with van der Waals surface area (Å²) in [6, 6.07) is 3.77. The van der Waals surface area contributed by atoms with E-state index in [4.69, 9.17) is 15.2 Å². The number of ether oxygens (including phenoxy) is 2. The minimum atomic E-state index is -0.672. The zero-order chi connectivity index (χ0) is 19.4. The van der Waals surface area contributed by atoms with Crippen molar-refractivity contribution in [2.45, 2.75) is 31.8 Å². The highest BCUT2D eigenvalue weighted by molar-refractivity contribution is 5.83. The van der Waals surface area contributed by atoms with Crippen molar-refractivity contribution in [2.24, 2.45) is 5.73 Å². The molecular weight excluding hydrogens is 348 g/mol. The Morgan fingerprint density at radius 2 is 1.89 bits per heavy atom. The Hall–Kier alpha value is -2.48. The molecule has 3 rings (SSSR count). The van der Waals surface area contributed by atoms with Crippen LogP contribution >= 0.6 is 0 Å². The summed E-state index contributed by atoms with van der Waals surface area (Å²) in [4.78, 5) is 27.4. The molecule has 148 valence electrons. The van der Waals surface area contributed by atoms with Gasteiger partial charge in [0.05, 0.1) is 20.8 Å². The summed E-state index contributed by atoms with van der Waals surface area (Å²) < 4.78 is 10.8. The molecule has 0 spiro atoms. The van der Waals surface area contributed by atoms with Crippen LogP contribution in [-0.4, -0.2) is 68.2 Å². The van der Waals surface area contributed by atoms with Crippen LogP contribution in [0.4, 0.5) is 4.79 Å². The summed E-state index contributed by atoms with van der Waals surface area (Å²) in [6.45, 7) is 3.16. The molecule has 2 aliphatic rings. The van der Waals surface area contributed by atoms with E-state index in [-0.39, 0.29) is 12.5 Å². The van der Waals surface area contributed by atoms with Gasteiger partial charge < -0.3 is 25.4 Å². The van der Waals surface area contributed by atoms with Crippen molar-refractivity contribution in [1.82, 2.24) is 15.1 Å². The van der Waals surface area contributed by atoms with E-state index >= 15 is 0 Å². The quantitative estimate of drug-likeness (QED) is 0.789. The number of likely N-dealkylation sites (tertiary alicyclic amines) is 1. The molecule has 1 fully saturated rings. The van der Waals surface area contributed by atoms with E-state index in [1.54, 1.807) is 14.2 Å². The van der Waals surface area contributed by atoms with Crippen LogP contribution in [0.25, 0.3) is 0 Å². The molecule has 3 N–H and O–H groups in total. The number of rotatable bonds is 5. The van der Waals surface area contributed by atoms with Crippen LogP contribution in [0.5, 0.6) is 11.5 Å². The third kappa shape index (κ3) is 4.44. The van der Waals surface area contributed by atoms with Crippen molar-refractivity contribution in [2.75, 3.05) is 40.4 Å². The Kier molecular flexibility index (Phi) is 6.05. The summed E-state index contributed by atoms with van der Waals surface area (Å²) in [5.41, 5.74) is 7.59. The monoisotopic (exact) mass is 376 g/mol. The normalized spacial score (nSPS) is 19.9. The van der Waals surface area contributed by atoms with Gasteiger partial charge in [0, 0.05) is 32.2 Å². The third-order valence-corrected chi connectivity index (χ3v) is 5.43. The summed E-state index contributed by atoms with van der Waals surface area (Å²) >= 11 is 0. The molecule has 8 nitrogen and oxygen atoms in total. The Morgan fingerprint density at radius 1 is 1.19 bits per heavy atom. The predicted octanol–water partition coefficient (Wildman–Crippen LogP) is 0.721. The topological polar surface area (TPSA) is 97.1 Å². The number of methoxy groups -OCH3 is 2. The van der Waals surface area contributed by atoms with E-state index in [0.29, 0.717) is 12.6 Å². The van der Waals surface area contributed by atoms with Crippen LogP contribution < -0.4 is 20.5 Å². The number of hydrogen-bond acceptors (Lipinski definition) is 5. The number of nitrogens with two attached hydrogens (primary N) is 1. The van der Waals surface area contributed by atoms with Crippen LogP contribution in [-0.2, 0) is 17.8 Å². The Morgan fingerprint density at radius 3 is 2.56 bits per heavy atom. The summed E-state index contributed by atoms with van der Waals surface area (Å²) in [5, 5.41) is 2.38. The molecule has 3 amide bonds. The van der Waals surface area contributed by atoms with Gasteiger partial charge in [0.25, 0.3) is 0 Å². The number of carbonyl (C=O) groups is 2. The number of amides is 3. The van der Waals surface area contributed by atoms with Crippen molar-refractivity contribution in [3.63, 3.8) is 0 Å². The fourth-order valence-electron chi connectivity index (χ4n) is 3.97. The first-order valence-corrected chi connectivity index (χ1v) is 9.30. The number of urea groups is 1. The maximum atomic E-state index is 12.3. The van der Waals surface area contributed by atoms with E-state index < -0.39 is 6.03 Å². The Balaban J connectivity index is 1.66. The number of piperidine rings is 1. The third-order valence-electron chi connectivity index (χ3n) is 5.43. The molecule has 1 aromatic rings. The Bertz CT molecular complexity index is 709. The molecule has 0 aromatic heterocycles. The lowest BCUT2D eigenvalue weighted by molar-refractivity contribution is -0.132. The number of primary amides is 1. The lowest BCUT2D eigenvalue weighted by Crippen LogP contribution is -2.52. The van der Waals surface area contributed by atoms with Crippen LogP contribution in [0, 0.1) is 0 Å². The highest BCUT2D eigenvalue weighted by Gasteiger charge is 2.30. The molecule has 1 atom stereocenters. The van der Waals surface area contributed by atoms with E-state index in [2.05, 4.69) is 22.3 Å². The van der Waals surface area contributed by atoms with Crippen molar-refractivity contribution in [1.29, 1.82) is 0 Å². The van der Waals surface area contributed by atoms with E-state index in [0.717, 1.165) is 50.4 Å². The van der Waals surface area contributed by atoms with Gasteiger partial charge in [-0.15, -0.1) is 0 Å². The molecule has 0 saturated carbocycles. The summed E-state index contributed by atoms with van der Waals surface area (Å²) in [5.74, 6) is 1.43. The van der Waals surface area contributed by atoms with Gasteiger partial charge in [0.15, 0.2) is 11.5 Å². The molecule has 2 heterocycles. The molecule has 8 heteroatoms. The summed E-state index contributed by atoms with van der Waals surface area (Å²) in [7, 11) is 3.30. The standard InChI is InChI=1S/C19H28N4O4/c1-26-16-8-13-5-7-22(11-14(13)9-17(16)27-2)15-4-3-6-23(12-15)18(24)10-21-19(20)25/h8-9,15H,3-7,10-12H2,1-2H3,(H3,20,21,25). The second kappa shape index (κ2) is 8.47. The lowest BCUT2D eigenvalue weighted by atomic mass is 9.95. The second-order valence-electron chi connectivity index (χ2n) is 7.05. The zero-order valence-corrected chi connectivity index (χ0v) is 16.0. The maximum Gasteiger partial charge on any atom is 0.312 e. The molecule has 1 saturated heterocycles. The summed E-state index contributed by atoms with van der Waals surface area (Å²) in [6.07, 6.45) is 2.97. The smallest absolute Gasteiger partial charge is 0.312 e. The van der Waals surface area contributed by atoms with Crippen molar-refractivity contribution in [3.8, 4) is 11.5 Å². The first kappa shape index (κ1) is 19.3. The van der Waals surface area contributed by atoms with Gasteiger partial charge in [-0.05, 0) is 42.5 Å². The molecule has 0 bridgehead atoms. The molecule has 1 unspecified atom stereocenters. The maximum absolute atomic E-state index is 12.3. The first-order chi connectivity index (χ1) is 13.0. The highest BCUT2D eigenvalue weighted by atomic mass is 16.5. The van der Waals surface area contributed by atoms with E-state index in [9.17, 15) is 9.59 Å². The molecule has 0 aliphatic carbocycles. The van der Waals surface area contributed by atoms with E-state index in [1.807, 2.05) is 4.90 Å². The van der Waals surface area contributed by atoms with Crippen LogP contribution in [0.15, 0.2) is 12.1 Å². The molecular formula is C19H28N4O4. The Labute approximate surface area is 159 Å². The largest absolute Gasteiger partial charge is 0.493 e. The number of nitrogens with zero attached hydrogens (tertiary/aromatic N) is 2. The van der Waals surface area contributed by atoms with Gasteiger partial charge in [0.2, 0.25) is 5.91 Å². The number of carbonyl (C=O) groups excluding carboxylic acids is 2. The highest BCUT2D eigenvalue weighted by Crippen LogP contribution is 2.34. The van der Waals surface area contributed by atoms with Crippen molar-refractivity contribution in [3.05, 3.63) is 23.3 Å². The molecule has 27 heavy (non-hydrogen) atoms.